The van der Waals surface area contributed by atoms with Gasteiger partial charge >= 0.3 is 5.97 Å². The van der Waals surface area contributed by atoms with E-state index in [9.17, 15) is 14.4 Å². The first kappa shape index (κ1) is 16.4. The summed E-state index contributed by atoms with van der Waals surface area (Å²) in [6.07, 6.45) is 3.54. The first-order chi connectivity index (χ1) is 8.49. The van der Waals surface area contributed by atoms with Crippen LogP contribution >= 0.6 is 0 Å². The highest BCUT2D eigenvalue weighted by atomic mass is 16.5. The average molecular weight is 255 g/mol. The van der Waals surface area contributed by atoms with Gasteiger partial charge in [-0.2, -0.15) is 0 Å². The number of Topliss-reactive ketones (excluding diaryl/α,β-unsaturated/α-hetero) is 1. The maximum atomic E-state index is 11.4. The second-order valence-electron chi connectivity index (χ2n) is 4.12. The number of esters is 1. The Labute approximate surface area is 108 Å². The summed E-state index contributed by atoms with van der Waals surface area (Å²) in [5.74, 6) is -1.04. The molecule has 0 aliphatic heterocycles. The SMILES string of the molecule is C=CC(=O)OCC(CCCC)NC(=O)CC(C)=O. The Bertz CT molecular complexity index is 312. The van der Waals surface area contributed by atoms with Crippen LogP contribution in [0.5, 0.6) is 0 Å². The zero-order chi connectivity index (χ0) is 14.0. The standard InChI is InChI=1S/C13H21NO4/c1-4-6-7-11(9-18-13(17)5-2)14-12(16)8-10(3)15/h5,11H,2,4,6-9H2,1,3H3,(H,14,16). The lowest BCUT2D eigenvalue weighted by Crippen LogP contribution is -2.39. The highest BCUT2D eigenvalue weighted by molar-refractivity contribution is 5.96. The Hall–Kier alpha value is -1.65. The largest absolute Gasteiger partial charge is 0.460 e. The van der Waals surface area contributed by atoms with Crippen molar-refractivity contribution < 1.29 is 19.1 Å². The molecule has 18 heavy (non-hydrogen) atoms. The molecule has 1 unspecified atom stereocenters. The van der Waals surface area contributed by atoms with Crippen LogP contribution in [0.15, 0.2) is 12.7 Å². The van der Waals surface area contributed by atoms with E-state index >= 15 is 0 Å². The molecule has 0 aromatic carbocycles. The van der Waals surface area contributed by atoms with Crippen LogP contribution in [-0.2, 0) is 19.1 Å². The summed E-state index contributed by atoms with van der Waals surface area (Å²) in [6.45, 7) is 6.79. The molecule has 0 spiro atoms. The molecule has 0 aliphatic carbocycles. The number of carbonyl (C=O) groups excluding carboxylic acids is 3. The van der Waals surface area contributed by atoms with Gasteiger partial charge in [0, 0.05) is 6.08 Å². The summed E-state index contributed by atoms with van der Waals surface area (Å²) in [5.41, 5.74) is 0. The van der Waals surface area contributed by atoms with Crippen molar-refractivity contribution in [3.63, 3.8) is 0 Å². The van der Waals surface area contributed by atoms with E-state index in [4.69, 9.17) is 4.74 Å². The Balaban J connectivity index is 4.20. The third-order valence-corrected chi connectivity index (χ3v) is 2.27. The molecule has 5 heteroatoms. The van der Waals surface area contributed by atoms with Crippen molar-refractivity contribution >= 4 is 17.7 Å². The monoisotopic (exact) mass is 255 g/mol. The van der Waals surface area contributed by atoms with Crippen molar-refractivity contribution in [1.82, 2.24) is 5.32 Å². The Kier molecular flexibility index (Phi) is 8.53. The molecule has 0 rings (SSSR count). The van der Waals surface area contributed by atoms with Crippen molar-refractivity contribution in [3.05, 3.63) is 12.7 Å². The van der Waals surface area contributed by atoms with Gasteiger partial charge in [0.25, 0.3) is 0 Å². The molecule has 0 radical (unpaired) electrons. The summed E-state index contributed by atoms with van der Waals surface area (Å²) in [5, 5.41) is 2.69. The van der Waals surface area contributed by atoms with Gasteiger partial charge < -0.3 is 10.1 Å². The van der Waals surface area contributed by atoms with Crippen LogP contribution in [0.2, 0.25) is 0 Å². The lowest BCUT2D eigenvalue weighted by Gasteiger charge is -2.17. The molecule has 1 atom stereocenters. The van der Waals surface area contributed by atoms with Crippen LogP contribution in [0.25, 0.3) is 0 Å². The fourth-order valence-corrected chi connectivity index (χ4v) is 1.39. The number of rotatable bonds is 9. The minimum Gasteiger partial charge on any atom is -0.460 e. The molecule has 0 aromatic heterocycles. The van der Waals surface area contributed by atoms with Crippen molar-refractivity contribution in [1.29, 1.82) is 0 Å². The van der Waals surface area contributed by atoms with Crippen molar-refractivity contribution in [2.45, 2.75) is 45.6 Å². The van der Waals surface area contributed by atoms with Crippen LogP contribution < -0.4 is 5.32 Å². The molecule has 0 saturated carbocycles. The van der Waals surface area contributed by atoms with E-state index in [1.165, 1.54) is 6.92 Å². The number of hydrogen-bond acceptors (Lipinski definition) is 4. The summed E-state index contributed by atoms with van der Waals surface area (Å²) in [4.78, 5) is 33.2. The third-order valence-electron chi connectivity index (χ3n) is 2.27. The van der Waals surface area contributed by atoms with E-state index in [1.54, 1.807) is 0 Å². The summed E-state index contributed by atoms with van der Waals surface area (Å²) in [7, 11) is 0. The molecule has 0 aromatic rings. The minimum absolute atomic E-state index is 0.106. The van der Waals surface area contributed by atoms with Gasteiger partial charge in [-0.25, -0.2) is 4.79 Å². The number of amides is 1. The van der Waals surface area contributed by atoms with Gasteiger partial charge in [-0.05, 0) is 13.3 Å². The van der Waals surface area contributed by atoms with Crippen molar-refractivity contribution in [2.75, 3.05) is 6.61 Å². The van der Waals surface area contributed by atoms with E-state index in [2.05, 4.69) is 11.9 Å². The van der Waals surface area contributed by atoms with Crippen LogP contribution in [0.3, 0.4) is 0 Å². The normalized spacial score (nSPS) is 11.4. The molecule has 1 N–H and O–H groups in total. The Morgan fingerprint density at radius 3 is 2.56 bits per heavy atom. The highest BCUT2D eigenvalue weighted by Gasteiger charge is 2.14. The smallest absolute Gasteiger partial charge is 0.330 e. The van der Waals surface area contributed by atoms with Gasteiger partial charge in [0.2, 0.25) is 5.91 Å². The summed E-state index contributed by atoms with van der Waals surface area (Å²) >= 11 is 0. The number of ether oxygens (including phenoxy) is 1. The van der Waals surface area contributed by atoms with Gasteiger partial charge in [-0.3, -0.25) is 9.59 Å². The molecule has 5 nitrogen and oxygen atoms in total. The average Bonchev–Trinajstić information content (AvgIpc) is 2.31. The number of carbonyl (C=O) groups is 3. The van der Waals surface area contributed by atoms with Crippen LogP contribution in [0.4, 0.5) is 0 Å². The third kappa shape index (κ3) is 8.50. The van der Waals surface area contributed by atoms with Gasteiger partial charge in [0.15, 0.2) is 0 Å². The minimum atomic E-state index is -0.516. The second-order valence-corrected chi connectivity index (χ2v) is 4.12. The number of unbranched alkanes of at least 4 members (excludes halogenated alkanes) is 1. The zero-order valence-corrected chi connectivity index (χ0v) is 11.0. The van der Waals surface area contributed by atoms with E-state index in [0.29, 0.717) is 6.42 Å². The molecular formula is C13H21NO4. The number of nitrogens with one attached hydrogen (secondary N) is 1. The van der Waals surface area contributed by atoms with E-state index in [1.807, 2.05) is 6.92 Å². The first-order valence-electron chi connectivity index (χ1n) is 6.07. The van der Waals surface area contributed by atoms with E-state index in [-0.39, 0.29) is 30.8 Å². The lowest BCUT2D eigenvalue weighted by atomic mass is 10.1. The molecular weight excluding hydrogens is 234 g/mol. The summed E-state index contributed by atoms with van der Waals surface area (Å²) in [6, 6.07) is -0.249. The van der Waals surface area contributed by atoms with Crippen LogP contribution in [-0.4, -0.2) is 30.3 Å². The topological polar surface area (TPSA) is 72.5 Å². The lowest BCUT2D eigenvalue weighted by molar-refractivity contribution is -0.139. The fourth-order valence-electron chi connectivity index (χ4n) is 1.39. The van der Waals surface area contributed by atoms with Crippen LogP contribution in [0, 0.1) is 0 Å². The number of hydrogen-bond donors (Lipinski definition) is 1. The zero-order valence-electron chi connectivity index (χ0n) is 11.0. The fraction of sp³-hybridized carbons (Fsp3) is 0.615. The van der Waals surface area contributed by atoms with E-state index in [0.717, 1.165) is 18.9 Å². The van der Waals surface area contributed by atoms with Gasteiger partial charge in [0.05, 0.1) is 12.5 Å². The molecule has 0 saturated heterocycles. The first-order valence-corrected chi connectivity index (χ1v) is 6.07. The van der Waals surface area contributed by atoms with Crippen LogP contribution in [0.1, 0.15) is 39.5 Å². The molecule has 0 aliphatic rings. The second kappa shape index (κ2) is 9.39. The molecule has 0 heterocycles. The number of ketones is 1. The van der Waals surface area contributed by atoms with E-state index < -0.39 is 5.97 Å². The van der Waals surface area contributed by atoms with Crippen molar-refractivity contribution in [2.24, 2.45) is 0 Å². The highest BCUT2D eigenvalue weighted by Crippen LogP contribution is 2.02. The van der Waals surface area contributed by atoms with Gasteiger partial charge in [-0.15, -0.1) is 0 Å². The summed E-state index contributed by atoms with van der Waals surface area (Å²) < 4.78 is 4.90. The van der Waals surface area contributed by atoms with Gasteiger partial charge in [0.1, 0.15) is 12.4 Å². The molecule has 0 fully saturated rings. The van der Waals surface area contributed by atoms with Gasteiger partial charge in [-0.1, -0.05) is 26.3 Å². The molecule has 1 amide bonds. The predicted molar refractivity (Wildman–Crippen MR) is 67.9 cm³/mol. The Morgan fingerprint density at radius 2 is 2.06 bits per heavy atom. The predicted octanol–water partition coefficient (Wildman–Crippen LogP) is 1.37. The molecule has 0 bridgehead atoms. The maximum Gasteiger partial charge on any atom is 0.330 e. The van der Waals surface area contributed by atoms with Crippen molar-refractivity contribution in [3.8, 4) is 0 Å². The quantitative estimate of drug-likeness (QED) is 0.383. The maximum absolute atomic E-state index is 11.4. The molecule has 102 valence electrons. The Morgan fingerprint density at radius 1 is 1.39 bits per heavy atom.